The Morgan fingerprint density at radius 1 is 1.24 bits per heavy atom. The number of alkyl halides is 3. The van der Waals surface area contributed by atoms with Crippen molar-refractivity contribution in [2.24, 2.45) is 0 Å². The van der Waals surface area contributed by atoms with Gasteiger partial charge in [0.1, 0.15) is 17.9 Å². The molecule has 0 atom stereocenters. The van der Waals surface area contributed by atoms with E-state index in [0.717, 1.165) is 44.0 Å². The Hall–Kier alpha value is -3.86. The minimum Gasteiger partial charge on any atom is -0.504 e. The van der Waals surface area contributed by atoms with Gasteiger partial charge in [-0.15, -0.1) is 0 Å². The molecule has 0 amide bonds. The summed E-state index contributed by atoms with van der Waals surface area (Å²) in [5.41, 5.74) is 5.79. The molecule has 0 unspecified atom stereocenters. The van der Waals surface area contributed by atoms with E-state index >= 15 is 0 Å². The maximum Gasteiger partial charge on any atom is 0.448 e. The molecule has 0 spiro atoms. The molecule has 37 heavy (non-hydrogen) atoms. The lowest BCUT2D eigenvalue weighted by Gasteiger charge is -2.15. The molecule has 0 aliphatic heterocycles. The summed E-state index contributed by atoms with van der Waals surface area (Å²) < 4.78 is 44.2. The molecule has 0 saturated heterocycles. The van der Waals surface area contributed by atoms with Gasteiger partial charge in [-0.3, -0.25) is 10.1 Å². The summed E-state index contributed by atoms with van der Waals surface area (Å²) in [6.07, 6.45) is 1.54. The Balaban J connectivity index is 1.55. The first-order valence-electron chi connectivity index (χ1n) is 11.2. The molecule has 0 aliphatic rings. The highest BCUT2D eigenvalue weighted by molar-refractivity contribution is 9.10. The molecule has 0 aliphatic carbocycles. The zero-order valence-corrected chi connectivity index (χ0v) is 21.5. The molecule has 7 nitrogen and oxygen atoms in total. The SMILES string of the molecule is Cc1cc(-c2[nH]ncc2Br)c2cccc(OCc3c(C)ccnc3CN/C=C\C=C(/O)C(F)(F)F)c2n1. The number of aromatic nitrogens is 4. The van der Waals surface area contributed by atoms with E-state index in [0.29, 0.717) is 23.0 Å². The van der Waals surface area contributed by atoms with Gasteiger partial charge in [-0.2, -0.15) is 18.3 Å². The number of para-hydroxylation sites is 1. The molecule has 3 aromatic heterocycles. The second-order valence-electron chi connectivity index (χ2n) is 8.19. The number of ether oxygens (including phenoxy) is 1. The smallest absolute Gasteiger partial charge is 0.448 e. The average Bonchev–Trinajstić information content (AvgIpc) is 3.27. The minimum absolute atomic E-state index is 0.215. The minimum atomic E-state index is -4.78. The third-order valence-electron chi connectivity index (χ3n) is 5.57. The maximum atomic E-state index is 12.4. The lowest BCUT2D eigenvalue weighted by Crippen LogP contribution is -2.12. The fraction of sp³-hybridized carbons (Fsp3) is 0.192. The number of rotatable bonds is 8. The summed E-state index contributed by atoms with van der Waals surface area (Å²) in [4.78, 5) is 9.12. The van der Waals surface area contributed by atoms with E-state index in [9.17, 15) is 13.2 Å². The van der Waals surface area contributed by atoms with Crippen molar-refractivity contribution in [3.8, 4) is 17.0 Å². The molecule has 4 rings (SSSR count). The number of aromatic amines is 1. The monoisotopic (exact) mass is 573 g/mol. The van der Waals surface area contributed by atoms with Crippen molar-refractivity contribution in [2.45, 2.75) is 33.2 Å². The molecule has 0 radical (unpaired) electrons. The second kappa shape index (κ2) is 11.0. The highest BCUT2D eigenvalue weighted by atomic mass is 79.9. The van der Waals surface area contributed by atoms with Gasteiger partial charge in [-0.25, -0.2) is 4.98 Å². The number of pyridine rings is 2. The van der Waals surface area contributed by atoms with Crippen LogP contribution < -0.4 is 10.1 Å². The predicted octanol–water partition coefficient (Wildman–Crippen LogP) is 6.59. The molecular weight excluding hydrogens is 551 g/mol. The summed E-state index contributed by atoms with van der Waals surface area (Å²) in [6, 6.07) is 9.57. The summed E-state index contributed by atoms with van der Waals surface area (Å²) in [5, 5.41) is 19.9. The highest BCUT2D eigenvalue weighted by Crippen LogP contribution is 2.35. The Morgan fingerprint density at radius 3 is 2.78 bits per heavy atom. The fourth-order valence-corrected chi connectivity index (χ4v) is 4.14. The van der Waals surface area contributed by atoms with Crippen molar-refractivity contribution in [3.05, 3.63) is 93.8 Å². The van der Waals surface area contributed by atoms with Gasteiger partial charge in [0.15, 0.2) is 5.76 Å². The quantitative estimate of drug-likeness (QED) is 0.163. The molecule has 0 bridgehead atoms. The first-order valence-corrected chi connectivity index (χ1v) is 12.0. The van der Waals surface area contributed by atoms with Crippen LogP contribution in [0.15, 0.2) is 71.3 Å². The zero-order valence-electron chi connectivity index (χ0n) is 19.9. The van der Waals surface area contributed by atoms with Gasteiger partial charge in [0.05, 0.1) is 28.6 Å². The number of hydrogen-bond acceptors (Lipinski definition) is 6. The van der Waals surface area contributed by atoms with E-state index in [-0.39, 0.29) is 13.2 Å². The molecule has 0 saturated carbocycles. The van der Waals surface area contributed by atoms with Crippen molar-refractivity contribution in [3.63, 3.8) is 0 Å². The third-order valence-corrected chi connectivity index (χ3v) is 6.17. The summed E-state index contributed by atoms with van der Waals surface area (Å²) >= 11 is 3.53. The van der Waals surface area contributed by atoms with Crippen LogP contribution >= 0.6 is 15.9 Å². The van der Waals surface area contributed by atoms with Gasteiger partial charge in [0.2, 0.25) is 0 Å². The number of hydrogen-bond donors (Lipinski definition) is 3. The lowest BCUT2D eigenvalue weighted by atomic mass is 10.0. The second-order valence-corrected chi connectivity index (χ2v) is 9.04. The molecule has 3 N–H and O–H groups in total. The Bertz CT molecular complexity index is 1480. The first kappa shape index (κ1) is 26.2. The fourth-order valence-electron chi connectivity index (χ4n) is 3.74. The number of halogens is 4. The number of fused-ring (bicyclic) bond motifs is 1. The summed E-state index contributed by atoms with van der Waals surface area (Å²) in [6.45, 7) is 4.31. The number of aryl methyl sites for hydroxylation is 2. The number of aliphatic hydroxyl groups excluding tert-OH is 1. The van der Waals surface area contributed by atoms with Gasteiger partial charge < -0.3 is 15.2 Å². The number of nitrogens with one attached hydrogen (secondary N) is 2. The molecule has 4 aromatic rings. The number of aliphatic hydroxyl groups is 1. The van der Waals surface area contributed by atoms with Gasteiger partial charge in [0, 0.05) is 28.4 Å². The van der Waals surface area contributed by atoms with Gasteiger partial charge >= 0.3 is 6.18 Å². The van der Waals surface area contributed by atoms with Crippen molar-refractivity contribution in [1.29, 1.82) is 0 Å². The maximum absolute atomic E-state index is 12.4. The number of allylic oxidation sites excluding steroid dienone is 3. The lowest BCUT2D eigenvalue weighted by molar-refractivity contribution is -0.120. The summed E-state index contributed by atoms with van der Waals surface area (Å²) in [7, 11) is 0. The van der Waals surface area contributed by atoms with Crippen molar-refractivity contribution < 1.29 is 23.0 Å². The Morgan fingerprint density at radius 2 is 2.05 bits per heavy atom. The van der Waals surface area contributed by atoms with Gasteiger partial charge in [-0.05, 0) is 71.9 Å². The number of benzene rings is 1. The Kier molecular flexibility index (Phi) is 7.82. The van der Waals surface area contributed by atoms with Crippen LogP contribution in [0.1, 0.15) is 22.5 Å². The topological polar surface area (TPSA) is 96.0 Å². The molecule has 0 fully saturated rings. The van der Waals surface area contributed by atoms with Crippen LogP contribution in [0.4, 0.5) is 13.2 Å². The van der Waals surface area contributed by atoms with Crippen LogP contribution in [-0.2, 0) is 13.2 Å². The van der Waals surface area contributed by atoms with Crippen molar-refractivity contribution in [2.75, 3.05) is 0 Å². The van der Waals surface area contributed by atoms with Crippen LogP contribution in [0.3, 0.4) is 0 Å². The van der Waals surface area contributed by atoms with E-state index in [1.807, 2.05) is 44.2 Å². The van der Waals surface area contributed by atoms with Gasteiger partial charge in [-0.1, -0.05) is 12.1 Å². The van der Waals surface area contributed by atoms with E-state index in [1.54, 1.807) is 12.4 Å². The van der Waals surface area contributed by atoms with Crippen LogP contribution in [0.25, 0.3) is 22.2 Å². The molecule has 1 aromatic carbocycles. The van der Waals surface area contributed by atoms with Crippen molar-refractivity contribution in [1.82, 2.24) is 25.5 Å². The normalized spacial score (nSPS) is 12.4. The highest BCUT2D eigenvalue weighted by Gasteiger charge is 2.33. The van der Waals surface area contributed by atoms with E-state index < -0.39 is 11.9 Å². The van der Waals surface area contributed by atoms with E-state index in [4.69, 9.17) is 14.8 Å². The largest absolute Gasteiger partial charge is 0.504 e. The van der Waals surface area contributed by atoms with Crippen LogP contribution in [0, 0.1) is 13.8 Å². The van der Waals surface area contributed by atoms with E-state index in [2.05, 4.69) is 36.4 Å². The summed E-state index contributed by atoms with van der Waals surface area (Å²) in [5.74, 6) is -1.07. The van der Waals surface area contributed by atoms with E-state index in [1.165, 1.54) is 6.20 Å². The van der Waals surface area contributed by atoms with Crippen LogP contribution in [-0.4, -0.2) is 31.4 Å². The zero-order chi connectivity index (χ0) is 26.6. The first-order chi connectivity index (χ1) is 17.6. The van der Waals surface area contributed by atoms with Gasteiger partial charge in [0.25, 0.3) is 0 Å². The predicted molar refractivity (Wildman–Crippen MR) is 138 cm³/mol. The number of nitrogens with zero attached hydrogens (tertiary/aromatic N) is 3. The average molecular weight is 574 g/mol. The molecular formula is C26H23BrF3N5O2. The number of H-pyrrole nitrogens is 1. The molecule has 11 heteroatoms. The van der Waals surface area contributed by atoms with Crippen LogP contribution in [0.5, 0.6) is 5.75 Å². The molecule has 192 valence electrons. The standard InChI is InChI=1S/C26H23BrF3N5O2/c1-15-8-10-32-21(13-31-9-4-7-23(36)26(28,29)30)19(15)14-37-22-6-3-5-17-18(11-16(2)34-25(17)22)24-20(27)12-33-35-24/h3-12,31,36H,13-14H2,1-2H3,(H,33,35)/b9-4-,23-7-. The van der Waals surface area contributed by atoms with Crippen LogP contribution in [0.2, 0.25) is 0 Å². The Labute approximate surface area is 219 Å². The molecule has 3 heterocycles. The van der Waals surface area contributed by atoms with Crippen molar-refractivity contribution >= 4 is 26.8 Å². The third kappa shape index (κ3) is 6.11.